The highest BCUT2D eigenvalue weighted by Crippen LogP contribution is 2.24. The van der Waals surface area contributed by atoms with Crippen LogP contribution in [0.4, 0.5) is 11.4 Å². The van der Waals surface area contributed by atoms with Crippen LogP contribution in [0.15, 0.2) is 29.3 Å². The molecule has 6 nitrogen and oxygen atoms in total. The van der Waals surface area contributed by atoms with Crippen LogP contribution in [0.5, 0.6) is 0 Å². The third-order valence-corrected chi connectivity index (χ3v) is 4.23. The first-order chi connectivity index (χ1) is 8.79. The molecule has 19 heavy (non-hydrogen) atoms. The highest BCUT2D eigenvalue weighted by atomic mass is 35.5. The number of nitrogens with zero attached hydrogens (tertiary/aromatic N) is 2. The van der Waals surface area contributed by atoms with Crippen LogP contribution in [-0.2, 0) is 17.1 Å². The fourth-order valence-corrected chi connectivity index (χ4v) is 2.95. The number of hydrogen-bond donors (Lipinski definition) is 2. The Kier molecular flexibility index (Phi) is 3.42. The number of nitrogens with one attached hydrogen (secondary N) is 1. The predicted octanol–water partition coefficient (Wildman–Crippen LogP) is 1.76. The second kappa shape index (κ2) is 4.75. The minimum absolute atomic E-state index is 0.0509. The lowest BCUT2D eigenvalue weighted by atomic mass is 10.3. The molecule has 1 aromatic heterocycles. The van der Waals surface area contributed by atoms with Gasteiger partial charge < -0.3 is 5.73 Å². The minimum Gasteiger partial charge on any atom is -0.398 e. The van der Waals surface area contributed by atoms with E-state index in [0.29, 0.717) is 17.1 Å². The molecule has 3 N–H and O–H groups in total. The maximum atomic E-state index is 12.2. The van der Waals surface area contributed by atoms with E-state index in [-0.39, 0.29) is 9.92 Å². The monoisotopic (exact) mass is 300 g/mol. The number of benzene rings is 1. The zero-order valence-electron chi connectivity index (χ0n) is 10.4. The Bertz CT molecular complexity index is 724. The van der Waals surface area contributed by atoms with E-state index >= 15 is 0 Å². The molecule has 0 aliphatic carbocycles. The summed E-state index contributed by atoms with van der Waals surface area (Å²) < 4.78 is 28.3. The standard InChI is InChI=1S/C11H13ClN4O2S/c1-7-11(6-16(2)14-7)15-19(17,18)8-3-4-10(13)9(12)5-8/h3-6,15H,13H2,1-2H3. The lowest BCUT2D eigenvalue weighted by Crippen LogP contribution is -2.13. The molecule has 0 spiro atoms. The second-order valence-electron chi connectivity index (χ2n) is 4.09. The minimum atomic E-state index is -3.71. The Morgan fingerprint density at radius 1 is 1.42 bits per heavy atom. The van der Waals surface area contributed by atoms with Crippen LogP contribution in [0.3, 0.4) is 0 Å². The van der Waals surface area contributed by atoms with Gasteiger partial charge in [0.1, 0.15) is 0 Å². The maximum Gasteiger partial charge on any atom is 0.262 e. The van der Waals surface area contributed by atoms with Crippen LogP contribution < -0.4 is 10.5 Å². The van der Waals surface area contributed by atoms with Gasteiger partial charge in [-0.1, -0.05) is 11.6 Å². The molecule has 1 aromatic carbocycles. The third kappa shape index (κ3) is 2.82. The zero-order valence-corrected chi connectivity index (χ0v) is 12.0. The van der Waals surface area contributed by atoms with Gasteiger partial charge in [-0.2, -0.15) is 5.10 Å². The number of aryl methyl sites for hydroxylation is 2. The highest BCUT2D eigenvalue weighted by Gasteiger charge is 2.17. The predicted molar refractivity (Wildman–Crippen MR) is 74.6 cm³/mol. The summed E-state index contributed by atoms with van der Waals surface area (Å²) in [5, 5.41) is 4.26. The van der Waals surface area contributed by atoms with Gasteiger partial charge in [0, 0.05) is 13.2 Å². The van der Waals surface area contributed by atoms with Crippen molar-refractivity contribution in [2.45, 2.75) is 11.8 Å². The summed E-state index contributed by atoms with van der Waals surface area (Å²) in [6.45, 7) is 1.72. The van der Waals surface area contributed by atoms with E-state index in [1.165, 1.54) is 22.9 Å². The number of aromatic nitrogens is 2. The highest BCUT2D eigenvalue weighted by molar-refractivity contribution is 7.92. The van der Waals surface area contributed by atoms with Crippen LogP contribution in [0.25, 0.3) is 0 Å². The van der Waals surface area contributed by atoms with Gasteiger partial charge in [-0.15, -0.1) is 0 Å². The van der Waals surface area contributed by atoms with Crippen LogP contribution in [0.1, 0.15) is 5.69 Å². The van der Waals surface area contributed by atoms with Crippen molar-refractivity contribution in [3.8, 4) is 0 Å². The molecule has 0 atom stereocenters. The number of sulfonamides is 1. The van der Waals surface area contributed by atoms with E-state index in [2.05, 4.69) is 9.82 Å². The van der Waals surface area contributed by atoms with E-state index < -0.39 is 10.0 Å². The third-order valence-electron chi connectivity index (χ3n) is 2.54. The van der Waals surface area contributed by atoms with Gasteiger partial charge >= 0.3 is 0 Å². The van der Waals surface area contributed by atoms with E-state index in [4.69, 9.17) is 17.3 Å². The van der Waals surface area contributed by atoms with Gasteiger partial charge in [0.25, 0.3) is 10.0 Å². The van der Waals surface area contributed by atoms with Crippen molar-refractivity contribution < 1.29 is 8.42 Å². The number of hydrogen-bond acceptors (Lipinski definition) is 4. The van der Waals surface area contributed by atoms with Crippen molar-refractivity contribution in [2.24, 2.45) is 7.05 Å². The van der Waals surface area contributed by atoms with Crippen LogP contribution in [0.2, 0.25) is 5.02 Å². The molecule has 0 aliphatic rings. The summed E-state index contributed by atoms with van der Waals surface area (Å²) in [6, 6.07) is 4.16. The Morgan fingerprint density at radius 3 is 2.63 bits per heavy atom. The quantitative estimate of drug-likeness (QED) is 0.845. The molecule has 0 fully saturated rings. The molecule has 2 rings (SSSR count). The molecule has 1 heterocycles. The van der Waals surface area contributed by atoms with Crippen LogP contribution in [-0.4, -0.2) is 18.2 Å². The number of nitrogen functional groups attached to an aromatic ring is 1. The molecule has 8 heteroatoms. The molecule has 102 valence electrons. The van der Waals surface area contributed by atoms with Gasteiger partial charge in [0.15, 0.2) is 0 Å². The second-order valence-corrected chi connectivity index (χ2v) is 6.18. The summed E-state index contributed by atoms with van der Waals surface area (Å²) >= 11 is 5.82. The molecule has 0 aliphatic heterocycles. The first kappa shape index (κ1) is 13.7. The van der Waals surface area contributed by atoms with Crippen molar-refractivity contribution in [3.05, 3.63) is 35.1 Å². The summed E-state index contributed by atoms with van der Waals surface area (Å²) in [5.41, 5.74) is 6.90. The van der Waals surface area contributed by atoms with Crippen molar-refractivity contribution >= 4 is 33.0 Å². The van der Waals surface area contributed by atoms with Gasteiger partial charge in [-0.3, -0.25) is 9.40 Å². The van der Waals surface area contributed by atoms with E-state index in [0.717, 1.165) is 0 Å². The lowest BCUT2D eigenvalue weighted by molar-refractivity contribution is 0.601. The Labute approximate surface area is 116 Å². The molecule has 0 saturated heterocycles. The fraction of sp³-hybridized carbons (Fsp3) is 0.182. The SMILES string of the molecule is Cc1nn(C)cc1NS(=O)(=O)c1ccc(N)c(Cl)c1. The molecule has 0 saturated carbocycles. The number of rotatable bonds is 3. The average Bonchev–Trinajstić information content (AvgIpc) is 2.60. The van der Waals surface area contributed by atoms with Crippen molar-refractivity contribution in [3.63, 3.8) is 0 Å². The molecule has 0 bridgehead atoms. The molecule has 0 unspecified atom stereocenters. The molecular weight excluding hydrogens is 288 g/mol. The first-order valence-electron chi connectivity index (χ1n) is 5.37. The van der Waals surface area contributed by atoms with Crippen molar-refractivity contribution in [1.82, 2.24) is 9.78 Å². The summed E-state index contributed by atoms with van der Waals surface area (Å²) in [4.78, 5) is 0.0509. The smallest absolute Gasteiger partial charge is 0.262 e. The molecular formula is C11H13ClN4O2S. The Morgan fingerprint density at radius 2 is 2.11 bits per heavy atom. The van der Waals surface area contributed by atoms with Gasteiger partial charge in [0.05, 0.1) is 27.0 Å². The Hall–Kier alpha value is -1.73. The van der Waals surface area contributed by atoms with E-state index in [1.807, 2.05) is 0 Å². The zero-order chi connectivity index (χ0) is 14.2. The topological polar surface area (TPSA) is 90.0 Å². The Balaban J connectivity index is 2.37. The number of anilines is 2. The van der Waals surface area contributed by atoms with Gasteiger partial charge in [-0.05, 0) is 25.1 Å². The normalized spacial score (nSPS) is 11.5. The van der Waals surface area contributed by atoms with E-state index in [9.17, 15) is 8.42 Å². The first-order valence-corrected chi connectivity index (χ1v) is 7.24. The van der Waals surface area contributed by atoms with Gasteiger partial charge in [-0.25, -0.2) is 8.42 Å². The van der Waals surface area contributed by atoms with Crippen LogP contribution >= 0.6 is 11.6 Å². The van der Waals surface area contributed by atoms with Gasteiger partial charge in [0.2, 0.25) is 0 Å². The van der Waals surface area contributed by atoms with E-state index in [1.54, 1.807) is 20.2 Å². The van der Waals surface area contributed by atoms with Crippen LogP contribution in [0, 0.1) is 6.92 Å². The fourth-order valence-electron chi connectivity index (χ4n) is 1.58. The molecule has 2 aromatic rings. The molecule has 0 radical (unpaired) electrons. The summed E-state index contributed by atoms with van der Waals surface area (Å²) in [6.07, 6.45) is 1.59. The maximum absolute atomic E-state index is 12.2. The molecule has 0 amide bonds. The number of halogens is 1. The van der Waals surface area contributed by atoms with Crippen molar-refractivity contribution in [1.29, 1.82) is 0 Å². The average molecular weight is 301 g/mol. The summed E-state index contributed by atoms with van der Waals surface area (Å²) in [5.74, 6) is 0. The summed E-state index contributed by atoms with van der Waals surface area (Å²) in [7, 11) is -1.99. The largest absolute Gasteiger partial charge is 0.398 e. The van der Waals surface area contributed by atoms with Crippen molar-refractivity contribution in [2.75, 3.05) is 10.5 Å². The number of nitrogens with two attached hydrogens (primary N) is 1. The lowest BCUT2D eigenvalue weighted by Gasteiger charge is -2.08.